The summed E-state index contributed by atoms with van der Waals surface area (Å²) in [4.78, 5) is 14.6. The van der Waals surface area contributed by atoms with E-state index in [1.165, 1.54) is 38.5 Å². The van der Waals surface area contributed by atoms with Gasteiger partial charge >= 0.3 is 0 Å². The molecule has 2 rings (SSSR count). The number of hydrogen-bond donors (Lipinski definition) is 1. The van der Waals surface area contributed by atoms with Gasteiger partial charge in [0.25, 0.3) is 0 Å². The topological polar surface area (TPSA) is 46.3 Å². The van der Waals surface area contributed by atoms with E-state index in [2.05, 4.69) is 6.92 Å². The van der Waals surface area contributed by atoms with Gasteiger partial charge in [-0.05, 0) is 31.6 Å². The molecule has 0 aromatic heterocycles. The summed E-state index contributed by atoms with van der Waals surface area (Å²) >= 11 is 0. The van der Waals surface area contributed by atoms with E-state index in [9.17, 15) is 4.79 Å². The van der Waals surface area contributed by atoms with E-state index in [0.29, 0.717) is 17.9 Å². The molecule has 2 aliphatic carbocycles. The van der Waals surface area contributed by atoms with Crippen LogP contribution in [0.1, 0.15) is 58.3 Å². The molecule has 2 fully saturated rings. The van der Waals surface area contributed by atoms with Crippen molar-refractivity contribution in [3.63, 3.8) is 0 Å². The molecule has 2 N–H and O–H groups in total. The first-order chi connectivity index (χ1) is 8.61. The van der Waals surface area contributed by atoms with Gasteiger partial charge in [-0.3, -0.25) is 4.79 Å². The van der Waals surface area contributed by atoms with E-state index < -0.39 is 0 Å². The first-order valence-corrected chi connectivity index (χ1v) is 7.63. The number of amides is 1. The summed E-state index contributed by atoms with van der Waals surface area (Å²) in [5, 5.41) is 0. The molecule has 0 saturated heterocycles. The predicted molar refractivity (Wildman–Crippen MR) is 74.1 cm³/mol. The van der Waals surface area contributed by atoms with Crippen LogP contribution >= 0.6 is 0 Å². The molecule has 3 nitrogen and oxygen atoms in total. The smallest absolute Gasteiger partial charge is 0.227 e. The second kappa shape index (κ2) is 6.05. The number of nitrogens with zero attached hydrogens (tertiary/aromatic N) is 1. The molecule has 0 aromatic carbocycles. The SMILES string of the molecule is CC1CCCC(C(=O)N(C)C2CCCCC2)C1N. The summed E-state index contributed by atoms with van der Waals surface area (Å²) in [7, 11) is 1.99. The third-order valence-electron chi connectivity index (χ3n) is 5.08. The van der Waals surface area contributed by atoms with Crippen LogP contribution in [0, 0.1) is 11.8 Å². The van der Waals surface area contributed by atoms with Crippen LogP contribution in [-0.4, -0.2) is 29.9 Å². The maximum Gasteiger partial charge on any atom is 0.227 e. The molecule has 104 valence electrons. The van der Waals surface area contributed by atoms with Gasteiger partial charge in [0.2, 0.25) is 5.91 Å². The Bertz CT molecular complexity index is 286. The zero-order chi connectivity index (χ0) is 13.1. The Morgan fingerprint density at radius 3 is 2.39 bits per heavy atom. The summed E-state index contributed by atoms with van der Waals surface area (Å²) in [6.07, 6.45) is 9.56. The monoisotopic (exact) mass is 252 g/mol. The van der Waals surface area contributed by atoms with Gasteiger partial charge in [-0.2, -0.15) is 0 Å². The van der Waals surface area contributed by atoms with Gasteiger partial charge in [-0.1, -0.05) is 32.6 Å². The number of rotatable bonds is 2. The van der Waals surface area contributed by atoms with Crippen molar-refractivity contribution in [2.45, 2.75) is 70.4 Å². The van der Waals surface area contributed by atoms with Crippen molar-refractivity contribution in [3.05, 3.63) is 0 Å². The molecule has 1 amide bonds. The van der Waals surface area contributed by atoms with E-state index in [0.717, 1.165) is 12.8 Å². The van der Waals surface area contributed by atoms with E-state index in [-0.39, 0.29) is 12.0 Å². The van der Waals surface area contributed by atoms with Gasteiger partial charge in [0.05, 0.1) is 5.92 Å². The first-order valence-electron chi connectivity index (χ1n) is 7.63. The molecule has 0 aromatic rings. The first kappa shape index (κ1) is 13.9. The predicted octanol–water partition coefficient (Wildman–Crippen LogP) is 2.54. The Kier molecular flexibility index (Phi) is 4.66. The third kappa shape index (κ3) is 2.87. The summed E-state index contributed by atoms with van der Waals surface area (Å²) in [6.45, 7) is 2.19. The van der Waals surface area contributed by atoms with Crippen molar-refractivity contribution >= 4 is 5.91 Å². The number of carbonyl (C=O) groups is 1. The van der Waals surface area contributed by atoms with Crippen molar-refractivity contribution in [1.29, 1.82) is 0 Å². The van der Waals surface area contributed by atoms with Crippen molar-refractivity contribution < 1.29 is 4.79 Å². The molecule has 0 spiro atoms. The quantitative estimate of drug-likeness (QED) is 0.821. The van der Waals surface area contributed by atoms with Crippen molar-refractivity contribution in [1.82, 2.24) is 4.90 Å². The van der Waals surface area contributed by atoms with Crippen LogP contribution in [0.5, 0.6) is 0 Å². The third-order valence-corrected chi connectivity index (χ3v) is 5.08. The normalized spacial score (nSPS) is 34.3. The van der Waals surface area contributed by atoms with E-state index in [1.54, 1.807) is 0 Å². The molecule has 0 radical (unpaired) electrons. The number of nitrogens with two attached hydrogens (primary N) is 1. The second-order valence-corrected chi connectivity index (χ2v) is 6.33. The van der Waals surface area contributed by atoms with Crippen LogP contribution in [0.4, 0.5) is 0 Å². The maximum absolute atomic E-state index is 12.6. The van der Waals surface area contributed by atoms with Crippen LogP contribution in [0.25, 0.3) is 0 Å². The minimum atomic E-state index is 0.0669. The fourth-order valence-corrected chi connectivity index (χ4v) is 3.64. The lowest BCUT2D eigenvalue weighted by molar-refractivity contribution is -0.139. The Balaban J connectivity index is 1.96. The molecule has 0 heterocycles. The summed E-state index contributed by atoms with van der Waals surface area (Å²) in [6, 6.07) is 0.535. The largest absolute Gasteiger partial charge is 0.342 e. The van der Waals surface area contributed by atoms with Gasteiger partial charge in [-0.25, -0.2) is 0 Å². The average molecular weight is 252 g/mol. The lowest BCUT2D eigenvalue weighted by atomic mass is 9.77. The molecule has 2 aliphatic rings. The second-order valence-electron chi connectivity index (χ2n) is 6.33. The lowest BCUT2D eigenvalue weighted by Crippen LogP contribution is -2.50. The molecule has 0 bridgehead atoms. The fraction of sp³-hybridized carbons (Fsp3) is 0.933. The van der Waals surface area contributed by atoms with Crippen LogP contribution in [-0.2, 0) is 4.79 Å². The Morgan fingerprint density at radius 2 is 1.72 bits per heavy atom. The van der Waals surface area contributed by atoms with Crippen molar-refractivity contribution in [2.24, 2.45) is 17.6 Å². The van der Waals surface area contributed by atoms with Crippen molar-refractivity contribution in [2.75, 3.05) is 7.05 Å². The average Bonchev–Trinajstić information content (AvgIpc) is 2.41. The molecular weight excluding hydrogens is 224 g/mol. The Morgan fingerprint density at radius 1 is 1.06 bits per heavy atom. The van der Waals surface area contributed by atoms with Gasteiger partial charge in [-0.15, -0.1) is 0 Å². The lowest BCUT2D eigenvalue weighted by Gasteiger charge is -2.38. The zero-order valence-electron chi connectivity index (χ0n) is 11.9. The Labute approximate surface area is 111 Å². The minimum Gasteiger partial charge on any atom is -0.342 e. The summed E-state index contributed by atoms with van der Waals surface area (Å²) in [5.41, 5.74) is 6.24. The van der Waals surface area contributed by atoms with E-state index >= 15 is 0 Å². The van der Waals surface area contributed by atoms with Gasteiger partial charge < -0.3 is 10.6 Å². The molecule has 2 saturated carbocycles. The summed E-state index contributed by atoms with van der Waals surface area (Å²) < 4.78 is 0. The standard InChI is InChI=1S/C15H28N2O/c1-11-7-6-10-13(14(11)16)15(18)17(2)12-8-4-3-5-9-12/h11-14H,3-10,16H2,1-2H3. The Hall–Kier alpha value is -0.570. The van der Waals surface area contributed by atoms with Gasteiger partial charge in [0, 0.05) is 19.1 Å². The van der Waals surface area contributed by atoms with E-state index in [1.807, 2.05) is 11.9 Å². The van der Waals surface area contributed by atoms with E-state index in [4.69, 9.17) is 5.73 Å². The minimum absolute atomic E-state index is 0.0669. The van der Waals surface area contributed by atoms with Crippen LogP contribution in [0.3, 0.4) is 0 Å². The molecule has 3 unspecified atom stereocenters. The zero-order valence-corrected chi connectivity index (χ0v) is 11.9. The highest BCUT2D eigenvalue weighted by atomic mass is 16.2. The highest BCUT2D eigenvalue weighted by Gasteiger charge is 2.36. The molecule has 0 aliphatic heterocycles. The van der Waals surface area contributed by atoms with Crippen LogP contribution in [0.2, 0.25) is 0 Å². The molecule has 3 heteroatoms. The number of hydrogen-bond acceptors (Lipinski definition) is 2. The molecule has 18 heavy (non-hydrogen) atoms. The maximum atomic E-state index is 12.6. The molecule has 3 atom stereocenters. The van der Waals surface area contributed by atoms with Gasteiger partial charge in [0.1, 0.15) is 0 Å². The van der Waals surface area contributed by atoms with Crippen LogP contribution in [0.15, 0.2) is 0 Å². The van der Waals surface area contributed by atoms with Crippen molar-refractivity contribution in [3.8, 4) is 0 Å². The highest BCUT2D eigenvalue weighted by molar-refractivity contribution is 5.79. The fourth-order valence-electron chi connectivity index (χ4n) is 3.64. The highest BCUT2D eigenvalue weighted by Crippen LogP contribution is 2.31. The van der Waals surface area contributed by atoms with Gasteiger partial charge in [0.15, 0.2) is 0 Å². The number of carbonyl (C=O) groups excluding carboxylic acids is 1. The van der Waals surface area contributed by atoms with Crippen LogP contribution < -0.4 is 5.73 Å². The molecular formula is C15H28N2O. The summed E-state index contributed by atoms with van der Waals surface area (Å²) in [5.74, 6) is 0.870.